The summed E-state index contributed by atoms with van der Waals surface area (Å²) in [4.78, 5) is 54.3. The van der Waals surface area contributed by atoms with Crippen LogP contribution in [0.3, 0.4) is 0 Å². The molecular formula is C21H22FN3O5S. The predicted molar refractivity (Wildman–Crippen MR) is 111 cm³/mol. The van der Waals surface area contributed by atoms with Gasteiger partial charge in [0.05, 0.1) is 6.42 Å². The number of carbonyl (C=O) groups is 4. The number of carbonyl (C=O) groups excluding carboxylic acids is 3. The average molecular weight is 447 g/mol. The highest BCUT2D eigenvalue weighted by atomic mass is 32.1. The number of aliphatic carboxylic acids is 1. The Kier molecular flexibility index (Phi) is 7.45. The van der Waals surface area contributed by atoms with Crippen LogP contribution in [0.2, 0.25) is 0 Å². The van der Waals surface area contributed by atoms with Crippen LogP contribution in [0.4, 0.5) is 4.39 Å². The highest BCUT2D eigenvalue weighted by Gasteiger charge is 2.35. The number of likely N-dealkylation sites (tertiary alicyclic amines) is 1. The maximum absolute atomic E-state index is 13.1. The molecule has 164 valence electrons. The topological polar surface area (TPSA) is 117 Å². The fourth-order valence-corrected chi connectivity index (χ4v) is 4.26. The average Bonchev–Trinajstić information content (AvgIpc) is 3.28. The predicted octanol–water partition coefficient (Wildman–Crippen LogP) is 2.30. The quantitative estimate of drug-likeness (QED) is 0.641. The summed E-state index contributed by atoms with van der Waals surface area (Å²) < 4.78 is 12.8. The van der Waals surface area contributed by atoms with Gasteiger partial charge in [0.2, 0.25) is 5.91 Å². The zero-order valence-electron chi connectivity index (χ0n) is 16.6. The van der Waals surface area contributed by atoms with E-state index < -0.39 is 48.7 Å². The van der Waals surface area contributed by atoms with Crippen molar-refractivity contribution < 1.29 is 28.7 Å². The Morgan fingerprint density at radius 3 is 2.65 bits per heavy atom. The van der Waals surface area contributed by atoms with E-state index in [-0.39, 0.29) is 5.69 Å². The molecule has 2 amide bonds. The van der Waals surface area contributed by atoms with Crippen molar-refractivity contribution in [2.75, 3.05) is 13.2 Å². The maximum Gasteiger partial charge on any atom is 0.305 e. The van der Waals surface area contributed by atoms with Crippen LogP contribution in [-0.2, 0) is 14.4 Å². The highest BCUT2D eigenvalue weighted by molar-refractivity contribution is 7.13. The Morgan fingerprint density at radius 1 is 1.23 bits per heavy atom. The first-order valence-corrected chi connectivity index (χ1v) is 10.7. The number of rotatable bonds is 8. The van der Waals surface area contributed by atoms with Crippen molar-refractivity contribution >= 4 is 34.9 Å². The van der Waals surface area contributed by atoms with Crippen molar-refractivity contribution in [2.45, 2.75) is 37.8 Å². The molecule has 0 saturated carbocycles. The molecule has 2 atom stereocenters. The number of nitrogens with zero attached hydrogens (tertiary/aromatic N) is 2. The van der Waals surface area contributed by atoms with Gasteiger partial charge in [-0.25, -0.2) is 9.37 Å². The molecule has 10 heteroatoms. The minimum Gasteiger partial charge on any atom is -0.481 e. The molecule has 0 aliphatic carbocycles. The third-order valence-corrected chi connectivity index (χ3v) is 5.92. The fourth-order valence-electron chi connectivity index (χ4n) is 3.46. The van der Waals surface area contributed by atoms with Crippen LogP contribution in [0.15, 0.2) is 35.7 Å². The number of hydrogen-bond acceptors (Lipinski definition) is 6. The Labute approximate surface area is 182 Å². The fraction of sp³-hybridized carbons (Fsp3) is 0.381. The summed E-state index contributed by atoms with van der Waals surface area (Å²) in [6, 6.07) is 7.03. The molecule has 2 heterocycles. The number of hydrogen-bond donors (Lipinski definition) is 2. The monoisotopic (exact) mass is 447 g/mol. The lowest BCUT2D eigenvalue weighted by molar-refractivity contribution is -0.140. The molecule has 1 fully saturated rings. The second-order valence-electron chi connectivity index (χ2n) is 7.17. The van der Waals surface area contributed by atoms with Gasteiger partial charge < -0.3 is 15.3 Å². The van der Waals surface area contributed by atoms with E-state index in [4.69, 9.17) is 5.11 Å². The number of nitrogens with one attached hydrogen (secondary N) is 1. The van der Waals surface area contributed by atoms with Gasteiger partial charge in [0.1, 0.15) is 29.5 Å². The molecule has 1 aromatic carbocycles. The van der Waals surface area contributed by atoms with Crippen LogP contribution in [0, 0.1) is 0 Å². The van der Waals surface area contributed by atoms with E-state index in [0.29, 0.717) is 30.8 Å². The molecule has 2 aromatic rings. The number of Topliss-reactive ketones (excluding diaryl/α,β-unsaturated/α-hetero) is 1. The first kappa shape index (κ1) is 22.5. The van der Waals surface area contributed by atoms with Crippen molar-refractivity contribution in [3.63, 3.8) is 0 Å². The van der Waals surface area contributed by atoms with Gasteiger partial charge in [-0.3, -0.25) is 19.2 Å². The number of benzene rings is 1. The van der Waals surface area contributed by atoms with Crippen molar-refractivity contribution in [1.29, 1.82) is 0 Å². The van der Waals surface area contributed by atoms with Crippen molar-refractivity contribution in [3.8, 4) is 10.6 Å². The van der Waals surface area contributed by atoms with Crippen LogP contribution < -0.4 is 5.32 Å². The van der Waals surface area contributed by atoms with E-state index in [2.05, 4.69) is 10.3 Å². The van der Waals surface area contributed by atoms with E-state index in [9.17, 15) is 23.6 Å². The Bertz CT molecular complexity index is 965. The van der Waals surface area contributed by atoms with Crippen LogP contribution >= 0.6 is 11.3 Å². The van der Waals surface area contributed by atoms with Gasteiger partial charge in [-0.15, -0.1) is 11.3 Å². The molecule has 1 aliphatic rings. The van der Waals surface area contributed by atoms with Crippen LogP contribution in [0.1, 0.15) is 36.2 Å². The zero-order valence-corrected chi connectivity index (χ0v) is 17.4. The first-order valence-electron chi connectivity index (χ1n) is 9.83. The van der Waals surface area contributed by atoms with Gasteiger partial charge in [0, 0.05) is 17.5 Å². The van der Waals surface area contributed by atoms with Crippen molar-refractivity contribution in [2.24, 2.45) is 0 Å². The summed E-state index contributed by atoms with van der Waals surface area (Å²) in [5, 5.41) is 13.6. The van der Waals surface area contributed by atoms with Gasteiger partial charge >= 0.3 is 5.97 Å². The lowest BCUT2D eigenvalue weighted by atomic mass is 10.00. The molecule has 0 unspecified atom stereocenters. The number of thiazole rings is 1. The van der Waals surface area contributed by atoms with E-state index in [0.717, 1.165) is 5.56 Å². The van der Waals surface area contributed by atoms with Gasteiger partial charge in [-0.05, 0) is 19.3 Å². The number of aromatic nitrogens is 1. The molecule has 31 heavy (non-hydrogen) atoms. The number of amides is 2. The molecule has 1 aromatic heterocycles. The highest BCUT2D eigenvalue weighted by Crippen LogP contribution is 2.26. The Balaban J connectivity index is 1.76. The standard InChI is InChI=1S/C21H22FN3O5S/c22-11-17(26)14(10-18(27)28)23-19(29)16-8-4-5-9-25(16)21(30)15-12-31-20(24-15)13-6-2-1-3-7-13/h1-3,6-7,12,14,16H,4-5,8-11H2,(H,23,29)(H,27,28)/t14-,16-/m0/s1. The maximum atomic E-state index is 13.1. The van der Waals surface area contributed by atoms with Gasteiger partial charge in [0.15, 0.2) is 5.78 Å². The molecule has 0 bridgehead atoms. The molecule has 8 nitrogen and oxygen atoms in total. The normalized spacial score (nSPS) is 17.1. The second-order valence-corrected chi connectivity index (χ2v) is 8.03. The number of halogens is 1. The lowest BCUT2D eigenvalue weighted by Crippen LogP contribution is -2.55. The first-order chi connectivity index (χ1) is 14.9. The largest absolute Gasteiger partial charge is 0.481 e. The summed E-state index contributed by atoms with van der Waals surface area (Å²) >= 11 is 1.32. The van der Waals surface area contributed by atoms with Crippen LogP contribution in [-0.4, -0.2) is 63.9 Å². The Morgan fingerprint density at radius 2 is 1.97 bits per heavy atom. The second kappa shape index (κ2) is 10.3. The summed E-state index contributed by atoms with van der Waals surface area (Å²) in [6.45, 7) is -1.05. The van der Waals surface area contributed by atoms with Gasteiger partial charge in [-0.1, -0.05) is 30.3 Å². The number of piperidine rings is 1. The van der Waals surface area contributed by atoms with E-state index in [1.165, 1.54) is 16.2 Å². The Hall–Kier alpha value is -3.14. The molecule has 0 spiro atoms. The lowest BCUT2D eigenvalue weighted by Gasteiger charge is -2.35. The molecular weight excluding hydrogens is 425 g/mol. The summed E-state index contributed by atoms with van der Waals surface area (Å²) in [6.07, 6.45) is 1.03. The third-order valence-electron chi connectivity index (χ3n) is 5.03. The number of alkyl halides is 1. The third kappa shape index (κ3) is 5.52. The van der Waals surface area contributed by atoms with E-state index in [1.807, 2.05) is 30.3 Å². The molecule has 1 saturated heterocycles. The van der Waals surface area contributed by atoms with E-state index in [1.54, 1.807) is 5.38 Å². The summed E-state index contributed by atoms with van der Waals surface area (Å²) in [7, 11) is 0. The van der Waals surface area contributed by atoms with Gasteiger partial charge in [0.25, 0.3) is 5.91 Å². The van der Waals surface area contributed by atoms with Crippen LogP contribution in [0.25, 0.3) is 10.6 Å². The summed E-state index contributed by atoms with van der Waals surface area (Å²) in [5.74, 6) is -3.43. The number of carboxylic acids is 1. The van der Waals surface area contributed by atoms with Crippen LogP contribution in [0.5, 0.6) is 0 Å². The molecule has 2 N–H and O–H groups in total. The minimum absolute atomic E-state index is 0.213. The number of ketones is 1. The smallest absolute Gasteiger partial charge is 0.305 e. The van der Waals surface area contributed by atoms with Crippen molar-refractivity contribution in [3.05, 3.63) is 41.4 Å². The minimum atomic E-state index is -1.47. The van der Waals surface area contributed by atoms with Crippen molar-refractivity contribution in [1.82, 2.24) is 15.2 Å². The SMILES string of the molecule is O=C(O)C[C@H](NC(=O)[C@@H]1CCCCN1C(=O)c1csc(-c2ccccc2)n1)C(=O)CF. The number of carboxylic acid groups (broad SMARTS) is 1. The molecule has 0 radical (unpaired) electrons. The van der Waals surface area contributed by atoms with Gasteiger partial charge in [-0.2, -0.15) is 0 Å². The zero-order chi connectivity index (χ0) is 22.4. The van der Waals surface area contributed by atoms with E-state index >= 15 is 0 Å². The summed E-state index contributed by atoms with van der Waals surface area (Å²) in [5.41, 5.74) is 1.09. The molecule has 1 aliphatic heterocycles. The molecule has 3 rings (SSSR count).